The minimum absolute atomic E-state index is 0.0438. The van der Waals surface area contributed by atoms with Gasteiger partial charge in [0.05, 0.1) is 0 Å². The zero-order valence-electron chi connectivity index (χ0n) is 15.1. The lowest BCUT2D eigenvalue weighted by atomic mass is 9.84. The Morgan fingerprint density at radius 3 is 1.78 bits per heavy atom. The molecule has 0 atom stereocenters. The van der Waals surface area contributed by atoms with Crippen molar-refractivity contribution in [3.63, 3.8) is 0 Å². The van der Waals surface area contributed by atoms with Crippen LogP contribution >= 0.6 is 0 Å². The summed E-state index contributed by atoms with van der Waals surface area (Å²) in [5, 5.41) is 9.21. The third kappa shape index (κ3) is 4.17. The van der Waals surface area contributed by atoms with Crippen LogP contribution in [0.3, 0.4) is 0 Å². The van der Waals surface area contributed by atoms with Gasteiger partial charge in [0.2, 0.25) is 0 Å². The van der Waals surface area contributed by atoms with Crippen LogP contribution in [0.4, 0.5) is 0 Å². The summed E-state index contributed by atoms with van der Waals surface area (Å²) in [6.45, 7) is 13.1. The minimum Gasteiger partial charge on any atom is -0.538 e. The van der Waals surface area contributed by atoms with Crippen molar-refractivity contribution >= 4 is 7.69 Å². The molecule has 122 valence electrons. The van der Waals surface area contributed by atoms with Gasteiger partial charge < -0.3 is 9.68 Å². The molecule has 0 aliphatic carbocycles. The molecule has 0 amide bonds. The Bertz CT molecular complexity index is 662. The maximum atomic E-state index is 9.21. The second-order valence-corrected chi connectivity index (χ2v) is 8.06. The van der Waals surface area contributed by atoms with Crippen LogP contribution in [0.25, 0.3) is 11.1 Å². The highest BCUT2D eigenvalue weighted by molar-refractivity contribution is 6.17. The molecule has 2 aromatic rings. The Morgan fingerprint density at radius 1 is 0.783 bits per heavy atom. The van der Waals surface area contributed by atoms with Crippen molar-refractivity contribution < 1.29 is 9.68 Å². The molecule has 0 unspecified atom stereocenters. The van der Waals surface area contributed by atoms with Crippen LogP contribution < -0.4 is 4.65 Å². The zero-order valence-corrected chi connectivity index (χ0v) is 15.1. The number of rotatable bonds is 3. The summed E-state index contributed by atoms with van der Waals surface area (Å²) < 4.78 is 5.48. The molecule has 0 saturated heterocycles. The van der Waals surface area contributed by atoms with Gasteiger partial charge in [-0.2, -0.15) is 0 Å². The lowest BCUT2D eigenvalue weighted by Gasteiger charge is -2.22. The topological polar surface area (TPSA) is 29.5 Å². The summed E-state index contributed by atoms with van der Waals surface area (Å²) in [7, 11) is -0.319. The first-order valence-electron chi connectivity index (χ1n) is 8.12. The maximum Gasteiger partial charge on any atom is 0.504 e. The molecule has 0 aromatic heterocycles. The maximum absolute atomic E-state index is 9.21. The van der Waals surface area contributed by atoms with E-state index in [2.05, 4.69) is 77.9 Å². The molecule has 0 spiro atoms. The van der Waals surface area contributed by atoms with E-state index in [0.717, 1.165) is 16.9 Å². The molecular weight excluding hydrogens is 283 g/mol. The molecule has 0 bridgehead atoms. The van der Waals surface area contributed by atoms with E-state index in [1.165, 1.54) is 11.1 Å². The largest absolute Gasteiger partial charge is 0.538 e. The van der Waals surface area contributed by atoms with Crippen LogP contribution in [0.1, 0.15) is 52.7 Å². The van der Waals surface area contributed by atoms with Crippen molar-refractivity contribution in [2.75, 3.05) is 0 Å². The lowest BCUT2D eigenvalue weighted by molar-refractivity contribution is 0.453. The second-order valence-electron chi connectivity index (χ2n) is 8.06. The van der Waals surface area contributed by atoms with Gasteiger partial charge in [-0.05, 0) is 33.6 Å². The van der Waals surface area contributed by atoms with Gasteiger partial charge in [0.1, 0.15) is 5.75 Å². The zero-order chi connectivity index (χ0) is 17.3. The summed E-state index contributed by atoms with van der Waals surface area (Å²) in [6.07, 6.45) is 0. The van der Waals surface area contributed by atoms with Crippen LogP contribution in [0.2, 0.25) is 0 Å². The van der Waals surface area contributed by atoms with E-state index in [0.29, 0.717) is 0 Å². The smallest absolute Gasteiger partial charge is 0.504 e. The molecule has 1 N–H and O–H groups in total. The molecule has 2 nitrogen and oxygen atoms in total. The van der Waals surface area contributed by atoms with Crippen LogP contribution in [-0.4, -0.2) is 12.7 Å². The van der Waals surface area contributed by atoms with Gasteiger partial charge in [-0.15, -0.1) is 0 Å². The van der Waals surface area contributed by atoms with Gasteiger partial charge in [0.25, 0.3) is 0 Å². The van der Waals surface area contributed by atoms with E-state index in [-0.39, 0.29) is 18.5 Å². The van der Waals surface area contributed by atoms with Crippen molar-refractivity contribution in [2.45, 2.75) is 52.4 Å². The third-order valence-electron chi connectivity index (χ3n) is 4.13. The van der Waals surface area contributed by atoms with Crippen LogP contribution in [-0.2, 0) is 10.8 Å². The molecule has 0 saturated carbocycles. The molecular formula is C20H27BO2. The summed E-state index contributed by atoms with van der Waals surface area (Å²) in [5.74, 6) is 0.725. The monoisotopic (exact) mass is 310 g/mol. The van der Waals surface area contributed by atoms with Gasteiger partial charge in [0, 0.05) is 5.56 Å². The van der Waals surface area contributed by atoms with E-state index in [9.17, 15) is 5.02 Å². The van der Waals surface area contributed by atoms with Gasteiger partial charge in [-0.1, -0.05) is 77.9 Å². The van der Waals surface area contributed by atoms with Crippen molar-refractivity contribution in [3.8, 4) is 16.9 Å². The fourth-order valence-corrected chi connectivity index (χ4v) is 2.57. The molecule has 0 radical (unpaired) electrons. The average Bonchev–Trinajstić information content (AvgIpc) is 2.46. The predicted molar refractivity (Wildman–Crippen MR) is 99.3 cm³/mol. The Balaban J connectivity index is 2.46. The number of hydrogen-bond acceptors (Lipinski definition) is 2. The molecule has 0 heterocycles. The van der Waals surface area contributed by atoms with Crippen molar-refractivity contribution in [1.82, 2.24) is 0 Å². The first kappa shape index (κ1) is 17.6. The highest BCUT2D eigenvalue weighted by atomic mass is 16.5. The van der Waals surface area contributed by atoms with Crippen LogP contribution in [0.15, 0.2) is 42.5 Å². The highest BCUT2D eigenvalue weighted by Crippen LogP contribution is 2.35. The van der Waals surface area contributed by atoms with Crippen molar-refractivity contribution in [3.05, 3.63) is 53.6 Å². The third-order valence-corrected chi connectivity index (χ3v) is 4.13. The predicted octanol–water partition coefficient (Wildman–Crippen LogP) is 4.59. The first-order valence-corrected chi connectivity index (χ1v) is 8.12. The quantitative estimate of drug-likeness (QED) is 0.840. The second kappa shape index (κ2) is 6.41. The minimum atomic E-state index is -0.319. The Kier molecular flexibility index (Phi) is 4.91. The number of benzene rings is 2. The Morgan fingerprint density at radius 2 is 1.30 bits per heavy atom. The average molecular weight is 310 g/mol. The van der Waals surface area contributed by atoms with Crippen LogP contribution in [0.5, 0.6) is 5.75 Å². The SMILES string of the molecule is CC(C)(C)c1ccc(-c2ccc(C(C)(C)C)cc2OBO)cc1. The molecule has 0 fully saturated rings. The summed E-state index contributed by atoms with van der Waals surface area (Å²) in [5.41, 5.74) is 4.78. The first-order chi connectivity index (χ1) is 10.6. The molecule has 23 heavy (non-hydrogen) atoms. The fourth-order valence-electron chi connectivity index (χ4n) is 2.57. The molecule has 2 rings (SSSR count). The lowest BCUT2D eigenvalue weighted by Crippen LogP contribution is -2.12. The molecule has 2 aromatic carbocycles. The summed E-state index contributed by atoms with van der Waals surface area (Å²) >= 11 is 0. The van der Waals surface area contributed by atoms with E-state index < -0.39 is 0 Å². The highest BCUT2D eigenvalue weighted by Gasteiger charge is 2.18. The number of hydrogen-bond donors (Lipinski definition) is 1. The summed E-state index contributed by atoms with van der Waals surface area (Å²) in [4.78, 5) is 0. The van der Waals surface area contributed by atoms with Gasteiger partial charge in [0.15, 0.2) is 0 Å². The fraction of sp³-hybridized carbons (Fsp3) is 0.400. The normalized spacial score (nSPS) is 12.1. The Labute approximate surface area is 140 Å². The van der Waals surface area contributed by atoms with Crippen molar-refractivity contribution in [2.24, 2.45) is 0 Å². The van der Waals surface area contributed by atoms with E-state index in [1.54, 1.807) is 0 Å². The standard InChI is InChI=1S/C20H27BO2/c1-19(2,3)15-9-7-14(8-10-15)17-12-11-16(20(4,5)6)13-18(17)23-21-22/h7-13,21-22H,1-6H3. The van der Waals surface area contributed by atoms with Gasteiger partial charge in [-0.3, -0.25) is 0 Å². The molecule has 0 aliphatic rings. The van der Waals surface area contributed by atoms with Gasteiger partial charge in [-0.25, -0.2) is 0 Å². The van der Waals surface area contributed by atoms with Crippen molar-refractivity contribution in [1.29, 1.82) is 0 Å². The van der Waals surface area contributed by atoms with Gasteiger partial charge >= 0.3 is 7.69 Å². The van der Waals surface area contributed by atoms with E-state index in [1.807, 2.05) is 6.07 Å². The summed E-state index contributed by atoms with van der Waals surface area (Å²) in [6, 6.07) is 14.8. The van der Waals surface area contributed by atoms with E-state index in [4.69, 9.17) is 4.65 Å². The van der Waals surface area contributed by atoms with Crippen LogP contribution in [0, 0.1) is 0 Å². The molecule has 0 aliphatic heterocycles. The molecule has 3 heteroatoms. The Hall–Kier alpha value is -1.74. The van der Waals surface area contributed by atoms with E-state index >= 15 is 0 Å².